The van der Waals surface area contributed by atoms with E-state index in [1.165, 1.54) is 33.9 Å². The Morgan fingerprint density at radius 2 is 2.14 bits per heavy atom. The highest BCUT2D eigenvalue weighted by molar-refractivity contribution is 9.10. The van der Waals surface area contributed by atoms with E-state index in [2.05, 4.69) is 15.9 Å². The predicted molar refractivity (Wildman–Crippen MR) is 86.3 cm³/mol. The fraction of sp³-hybridized carbons (Fsp3) is 0.267. The number of Topliss-reactive ketones (excluding diaryl/α,β-unsaturated/α-hetero) is 1. The van der Waals surface area contributed by atoms with Crippen LogP contribution in [0.5, 0.6) is 0 Å². The molecule has 0 atom stereocenters. The Morgan fingerprint density at radius 3 is 2.90 bits per heavy atom. The summed E-state index contributed by atoms with van der Waals surface area (Å²) in [7, 11) is 0. The molecule has 1 aromatic carbocycles. The SMILES string of the molecule is O=C(Cc1c(F)ccc(Br)c1F)c1cc2c(s1)CCSC2. The minimum atomic E-state index is -0.694. The van der Waals surface area contributed by atoms with Crippen molar-refractivity contribution in [3.05, 3.63) is 55.2 Å². The van der Waals surface area contributed by atoms with E-state index in [4.69, 9.17) is 0 Å². The van der Waals surface area contributed by atoms with Crippen LogP contribution in [0.1, 0.15) is 25.7 Å². The summed E-state index contributed by atoms with van der Waals surface area (Å²) in [5, 5.41) is 0. The summed E-state index contributed by atoms with van der Waals surface area (Å²) >= 11 is 6.32. The number of thioether (sulfide) groups is 1. The molecule has 0 saturated heterocycles. The first-order valence-corrected chi connectivity index (χ1v) is 9.17. The van der Waals surface area contributed by atoms with Crippen LogP contribution in [0.3, 0.4) is 0 Å². The number of carbonyl (C=O) groups is 1. The van der Waals surface area contributed by atoms with Crippen molar-refractivity contribution in [2.24, 2.45) is 0 Å². The summed E-state index contributed by atoms with van der Waals surface area (Å²) in [6, 6.07) is 4.36. The molecule has 0 saturated carbocycles. The molecular weight excluding hydrogens is 378 g/mol. The highest BCUT2D eigenvalue weighted by Crippen LogP contribution is 2.32. The molecule has 1 aliphatic rings. The van der Waals surface area contributed by atoms with Gasteiger partial charge in [-0.15, -0.1) is 11.3 Å². The van der Waals surface area contributed by atoms with Gasteiger partial charge < -0.3 is 0 Å². The topological polar surface area (TPSA) is 17.1 Å². The van der Waals surface area contributed by atoms with Crippen LogP contribution in [-0.2, 0) is 18.6 Å². The smallest absolute Gasteiger partial charge is 0.177 e. The van der Waals surface area contributed by atoms with Crippen LogP contribution in [0, 0.1) is 11.6 Å². The molecule has 0 fully saturated rings. The first kappa shape index (κ1) is 15.2. The van der Waals surface area contributed by atoms with E-state index in [-0.39, 0.29) is 22.2 Å². The summed E-state index contributed by atoms with van der Waals surface area (Å²) in [5.74, 6) is 0.380. The summed E-state index contributed by atoms with van der Waals surface area (Å²) in [4.78, 5) is 14.1. The molecule has 1 aromatic heterocycles. The van der Waals surface area contributed by atoms with Gasteiger partial charge in [0.15, 0.2) is 5.78 Å². The highest BCUT2D eigenvalue weighted by atomic mass is 79.9. The number of benzene rings is 1. The zero-order chi connectivity index (χ0) is 15.0. The molecule has 0 bridgehead atoms. The van der Waals surface area contributed by atoms with E-state index in [1.54, 1.807) is 0 Å². The normalized spacial score (nSPS) is 14.0. The van der Waals surface area contributed by atoms with Gasteiger partial charge >= 0.3 is 0 Å². The van der Waals surface area contributed by atoms with E-state index in [0.29, 0.717) is 4.88 Å². The molecule has 1 aliphatic heterocycles. The van der Waals surface area contributed by atoms with Crippen molar-refractivity contribution >= 4 is 44.8 Å². The second-order valence-corrected chi connectivity index (χ2v) is 7.88. The Kier molecular flexibility index (Phi) is 4.47. The van der Waals surface area contributed by atoms with Crippen molar-refractivity contribution in [1.29, 1.82) is 0 Å². The summed E-state index contributed by atoms with van der Waals surface area (Å²) in [6.07, 6.45) is 0.723. The van der Waals surface area contributed by atoms with E-state index in [0.717, 1.165) is 17.9 Å². The number of aryl methyl sites for hydroxylation is 1. The third-order valence-electron chi connectivity index (χ3n) is 3.38. The first-order chi connectivity index (χ1) is 10.1. The molecule has 3 rings (SSSR count). The summed E-state index contributed by atoms with van der Waals surface area (Å²) in [6.45, 7) is 0. The molecule has 1 nitrogen and oxygen atoms in total. The Hall–Kier alpha value is -0.720. The van der Waals surface area contributed by atoms with Crippen molar-refractivity contribution in [2.45, 2.75) is 18.6 Å². The molecule has 0 spiro atoms. The molecule has 2 aromatic rings. The van der Waals surface area contributed by atoms with E-state index in [1.807, 2.05) is 17.8 Å². The first-order valence-electron chi connectivity index (χ1n) is 6.41. The maximum absolute atomic E-state index is 13.9. The molecule has 0 aliphatic carbocycles. The molecule has 2 heterocycles. The second-order valence-electron chi connectivity index (χ2n) is 4.78. The van der Waals surface area contributed by atoms with Gasteiger partial charge in [-0.2, -0.15) is 11.8 Å². The van der Waals surface area contributed by atoms with Crippen molar-refractivity contribution < 1.29 is 13.6 Å². The maximum atomic E-state index is 13.9. The van der Waals surface area contributed by atoms with Crippen LogP contribution in [0.2, 0.25) is 0 Å². The average Bonchev–Trinajstić information content (AvgIpc) is 2.91. The van der Waals surface area contributed by atoms with Crippen LogP contribution in [0.4, 0.5) is 8.78 Å². The lowest BCUT2D eigenvalue weighted by molar-refractivity contribution is 0.0994. The van der Waals surface area contributed by atoms with Gasteiger partial charge in [0.1, 0.15) is 11.6 Å². The number of fused-ring (bicyclic) bond motifs is 1. The van der Waals surface area contributed by atoms with Gasteiger partial charge in [-0.3, -0.25) is 4.79 Å². The zero-order valence-electron chi connectivity index (χ0n) is 10.9. The van der Waals surface area contributed by atoms with Crippen LogP contribution in [0.25, 0.3) is 0 Å². The van der Waals surface area contributed by atoms with Gasteiger partial charge in [0.2, 0.25) is 0 Å². The second kappa shape index (κ2) is 6.18. The number of hydrogen-bond donors (Lipinski definition) is 0. The van der Waals surface area contributed by atoms with Gasteiger partial charge in [-0.25, -0.2) is 8.78 Å². The Labute approximate surface area is 137 Å². The fourth-order valence-corrected chi connectivity index (χ4v) is 4.94. The van der Waals surface area contributed by atoms with Gasteiger partial charge in [0.05, 0.1) is 9.35 Å². The van der Waals surface area contributed by atoms with Gasteiger partial charge in [0, 0.05) is 22.6 Å². The minimum Gasteiger partial charge on any atom is -0.293 e. The van der Waals surface area contributed by atoms with E-state index >= 15 is 0 Å². The number of hydrogen-bond acceptors (Lipinski definition) is 3. The Balaban J connectivity index is 1.87. The van der Waals surface area contributed by atoms with Crippen molar-refractivity contribution in [2.75, 3.05) is 5.75 Å². The van der Waals surface area contributed by atoms with Crippen molar-refractivity contribution in [3.63, 3.8) is 0 Å². The van der Waals surface area contributed by atoms with Crippen LogP contribution in [-0.4, -0.2) is 11.5 Å². The van der Waals surface area contributed by atoms with E-state index < -0.39 is 11.6 Å². The minimum absolute atomic E-state index is 0.171. The van der Waals surface area contributed by atoms with Crippen LogP contribution < -0.4 is 0 Å². The molecule has 0 N–H and O–H groups in total. The molecule has 0 unspecified atom stereocenters. The summed E-state index contributed by atoms with van der Waals surface area (Å²) < 4.78 is 27.8. The third-order valence-corrected chi connectivity index (χ3v) is 6.28. The molecular formula is C15H11BrF2OS2. The number of halogens is 3. The number of carbonyl (C=O) groups excluding carboxylic acids is 1. The maximum Gasteiger partial charge on any atom is 0.177 e. The van der Waals surface area contributed by atoms with Crippen molar-refractivity contribution in [1.82, 2.24) is 0 Å². The average molecular weight is 389 g/mol. The van der Waals surface area contributed by atoms with Crippen LogP contribution in [0.15, 0.2) is 22.7 Å². The van der Waals surface area contributed by atoms with Gasteiger partial charge in [0.25, 0.3) is 0 Å². The Morgan fingerprint density at radius 1 is 1.33 bits per heavy atom. The number of thiophene rings is 1. The quantitative estimate of drug-likeness (QED) is 0.543. The Bertz CT molecular complexity index is 688. The number of rotatable bonds is 3. The summed E-state index contributed by atoms with van der Waals surface area (Å²) in [5.41, 5.74) is 1.02. The largest absolute Gasteiger partial charge is 0.293 e. The number of ketones is 1. The van der Waals surface area contributed by atoms with E-state index in [9.17, 15) is 13.6 Å². The highest BCUT2D eigenvalue weighted by Gasteiger charge is 2.21. The zero-order valence-corrected chi connectivity index (χ0v) is 14.1. The third kappa shape index (κ3) is 3.07. The molecule has 0 amide bonds. The van der Waals surface area contributed by atoms with Crippen molar-refractivity contribution in [3.8, 4) is 0 Å². The standard InChI is InChI=1S/C15H11BrF2OS2/c16-10-1-2-11(17)9(15(10)18)6-12(19)14-5-8-7-20-4-3-13(8)21-14/h1-2,5H,3-4,6-7H2. The fourth-order valence-electron chi connectivity index (χ4n) is 2.26. The molecule has 21 heavy (non-hydrogen) atoms. The lowest BCUT2D eigenvalue weighted by Crippen LogP contribution is -2.06. The lowest BCUT2D eigenvalue weighted by Gasteiger charge is -2.08. The van der Waals surface area contributed by atoms with Gasteiger partial charge in [-0.05, 0) is 51.9 Å². The molecule has 6 heteroatoms. The van der Waals surface area contributed by atoms with Crippen LogP contribution >= 0.6 is 39.0 Å². The molecule has 0 radical (unpaired) electrons. The monoisotopic (exact) mass is 388 g/mol. The lowest BCUT2D eigenvalue weighted by atomic mass is 10.1. The van der Waals surface area contributed by atoms with Gasteiger partial charge in [-0.1, -0.05) is 0 Å². The predicted octanol–water partition coefficient (Wildman–Crippen LogP) is 5.00. The molecule has 110 valence electrons.